The van der Waals surface area contributed by atoms with E-state index < -0.39 is 0 Å². The molecule has 0 amide bonds. The number of halogens is 1. The van der Waals surface area contributed by atoms with Crippen LogP contribution in [0.1, 0.15) is 38.2 Å². The van der Waals surface area contributed by atoms with Crippen LogP contribution in [-0.4, -0.2) is 36.2 Å². The number of rotatable bonds is 4. The SMILES string of the molecule is C[C@H]1CCN(CC2(c3ccc(Cl)cc3)CCC2)CC1CO. The van der Waals surface area contributed by atoms with E-state index in [1.807, 2.05) is 12.1 Å². The lowest BCUT2D eigenvalue weighted by Crippen LogP contribution is -2.50. The van der Waals surface area contributed by atoms with E-state index in [4.69, 9.17) is 11.6 Å². The van der Waals surface area contributed by atoms with Gasteiger partial charge in [-0.15, -0.1) is 0 Å². The topological polar surface area (TPSA) is 23.5 Å². The fourth-order valence-electron chi connectivity index (χ4n) is 3.98. The summed E-state index contributed by atoms with van der Waals surface area (Å²) in [6.45, 7) is 5.96. The largest absolute Gasteiger partial charge is 0.396 e. The monoisotopic (exact) mass is 307 g/mol. The molecule has 0 spiro atoms. The highest BCUT2D eigenvalue weighted by atomic mass is 35.5. The minimum absolute atomic E-state index is 0.325. The maximum atomic E-state index is 9.55. The van der Waals surface area contributed by atoms with Gasteiger partial charge in [0.25, 0.3) is 0 Å². The van der Waals surface area contributed by atoms with Crippen LogP contribution in [-0.2, 0) is 5.41 Å². The molecule has 3 heteroatoms. The van der Waals surface area contributed by atoms with Gasteiger partial charge in [0.05, 0.1) is 0 Å². The Hall–Kier alpha value is -0.570. The van der Waals surface area contributed by atoms with Gasteiger partial charge in [-0.1, -0.05) is 37.1 Å². The van der Waals surface area contributed by atoms with Crippen LogP contribution in [0.3, 0.4) is 0 Å². The maximum absolute atomic E-state index is 9.55. The summed E-state index contributed by atoms with van der Waals surface area (Å²) in [5.41, 5.74) is 1.77. The second-order valence-electron chi connectivity index (χ2n) is 7.08. The Morgan fingerprint density at radius 1 is 1.29 bits per heavy atom. The van der Waals surface area contributed by atoms with Crippen molar-refractivity contribution in [2.24, 2.45) is 11.8 Å². The Kier molecular flexibility index (Phi) is 4.58. The molecule has 0 aromatic heterocycles. The van der Waals surface area contributed by atoms with E-state index in [2.05, 4.69) is 24.0 Å². The zero-order chi connectivity index (χ0) is 14.9. The average molecular weight is 308 g/mol. The summed E-state index contributed by atoms with van der Waals surface area (Å²) in [5, 5.41) is 10.4. The van der Waals surface area contributed by atoms with Crippen molar-refractivity contribution in [3.05, 3.63) is 34.9 Å². The first-order valence-corrected chi connectivity index (χ1v) is 8.60. The van der Waals surface area contributed by atoms with E-state index in [0.717, 1.165) is 18.1 Å². The van der Waals surface area contributed by atoms with E-state index in [-0.39, 0.29) is 0 Å². The van der Waals surface area contributed by atoms with E-state index in [1.165, 1.54) is 37.8 Å². The number of likely N-dealkylation sites (tertiary alicyclic amines) is 1. The van der Waals surface area contributed by atoms with Crippen LogP contribution >= 0.6 is 11.6 Å². The molecule has 1 saturated heterocycles. The van der Waals surface area contributed by atoms with E-state index >= 15 is 0 Å². The van der Waals surface area contributed by atoms with Gasteiger partial charge in [-0.25, -0.2) is 0 Å². The Morgan fingerprint density at radius 2 is 2.00 bits per heavy atom. The molecular formula is C18H26ClNO. The number of piperidine rings is 1. The van der Waals surface area contributed by atoms with Gasteiger partial charge in [0.2, 0.25) is 0 Å². The molecule has 2 fully saturated rings. The number of hydrogen-bond donors (Lipinski definition) is 1. The van der Waals surface area contributed by atoms with Crippen LogP contribution < -0.4 is 0 Å². The van der Waals surface area contributed by atoms with Crippen LogP contribution in [0, 0.1) is 11.8 Å². The smallest absolute Gasteiger partial charge is 0.0474 e. The molecule has 1 aromatic rings. The third-order valence-corrected chi connectivity index (χ3v) is 5.98. The first-order valence-electron chi connectivity index (χ1n) is 8.22. The molecule has 3 rings (SSSR count). The Labute approximate surface area is 133 Å². The summed E-state index contributed by atoms with van der Waals surface area (Å²) in [6.07, 6.45) is 5.10. The van der Waals surface area contributed by atoms with Crippen LogP contribution in [0.15, 0.2) is 24.3 Å². The number of aliphatic hydroxyl groups is 1. The maximum Gasteiger partial charge on any atom is 0.0474 e. The molecular weight excluding hydrogens is 282 g/mol. The van der Waals surface area contributed by atoms with Crippen molar-refractivity contribution >= 4 is 11.6 Å². The molecule has 1 aliphatic carbocycles. The highest BCUT2D eigenvalue weighted by Gasteiger charge is 2.41. The molecule has 2 nitrogen and oxygen atoms in total. The van der Waals surface area contributed by atoms with Crippen LogP contribution in [0.25, 0.3) is 0 Å². The lowest BCUT2D eigenvalue weighted by molar-refractivity contribution is 0.0492. The summed E-state index contributed by atoms with van der Waals surface area (Å²) in [4.78, 5) is 2.58. The van der Waals surface area contributed by atoms with Gasteiger partial charge in [0.15, 0.2) is 0 Å². The molecule has 1 saturated carbocycles. The molecule has 1 N–H and O–H groups in total. The summed E-state index contributed by atoms with van der Waals surface area (Å²) >= 11 is 6.03. The minimum Gasteiger partial charge on any atom is -0.396 e. The van der Waals surface area contributed by atoms with E-state index in [9.17, 15) is 5.11 Å². The van der Waals surface area contributed by atoms with Gasteiger partial charge >= 0.3 is 0 Å². The molecule has 1 aromatic carbocycles. The normalized spacial score (nSPS) is 29.1. The summed E-state index contributed by atoms with van der Waals surface area (Å²) in [6, 6.07) is 8.45. The predicted molar refractivity (Wildman–Crippen MR) is 87.8 cm³/mol. The summed E-state index contributed by atoms with van der Waals surface area (Å²) in [7, 11) is 0. The van der Waals surface area contributed by atoms with Gasteiger partial charge in [-0.2, -0.15) is 0 Å². The Morgan fingerprint density at radius 3 is 2.57 bits per heavy atom. The van der Waals surface area contributed by atoms with Gasteiger partial charge in [-0.05, 0) is 55.3 Å². The van der Waals surface area contributed by atoms with Crippen LogP contribution in [0.2, 0.25) is 5.02 Å². The Balaban J connectivity index is 1.71. The molecule has 116 valence electrons. The molecule has 1 aliphatic heterocycles. The lowest BCUT2D eigenvalue weighted by Gasteiger charge is -2.48. The second kappa shape index (κ2) is 6.28. The first kappa shape index (κ1) is 15.3. The number of benzene rings is 1. The van der Waals surface area contributed by atoms with Crippen molar-refractivity contribution in [2.45, 2.75) is 38.0 Å². The van der Waals surface area contributed by atoms with Gasteiger partial charge in [-0.3, -0.25) is 0 Å². The van der Waals surface area contributed by atoms with Crippen molar-refractivity contribution in [2.75, 3.05) is 26.2 Å². The molecule has 2 atom stereocenters. The third-order valence-electron chi connectivity index (χ3n) is 5.73. The minimum atomic E-state index is 0.325. The molecule has 21 heavy (non-hydrogen) atoms. The quantitative estimate of drug-likeness (QED) is 0.916. The molecule has 1 heterocycles. The lowest BCUT2D eigenvalue weighted by atomic mass is 9.64. The number of hydrogen-bond acceptors (Lipinski definition) is 2. The van der Waals surface area contributed by atoms with Crippen LogP contribution in [0.5, 0.6) is 0 Å². The Bertz CT molecular complexity index is 469. The molecule has 1 unspecified atom stereocenters. The fraction of sp³-hybridized carbons (Fsp3) is 0.667. The summed E-state index contributed by atoms with van der Waals surface area (Å²) in [5.74, 6) is 1.10. The van der Waals surface area contributed by atoms with Crippen molar-refractivity contribution in [3.8, 4) is 0 Å². The van der Waals surface area contributed by atoms with E-state index in [1.54, 1.807) is 0 Å². The first-order chi connectivity index (χ1) is 10.1. The highest BCUT2D eigenvalue weighted by molar-refractivity contribution is 6.30. The number of nitrogens with zero attached hydrogens (tertiary/aromatic N) is 1. The summed E-state index contributed by atoms with van der Waals surface area (Å²) < 4.78 is 0. The molecule has 2 aliphatic rings. The average Bonchev–Trinajstić information content (AvgIpc) is 2.45. The highest BCUT2D eigenvalue weighted by Crippen LogP contribution is 2.45. The fourth-order valence-corrected chi connectivity index (χ4v) is 4.11. The van der Waals surface area contributed by atoms with Gasteiger partial charge in [0, 0.05) is 30.1 Å². The standard InChI is InChI=1S/C18H26ClNO/c1-14-7-10-20(11-15(14)12-21)13-18(8-2-9-18)16-3-5-17(19)6-4-16/h3-6,14-15,21H,2,7-13H2,1H3/t14-,15?/m0/s1. The van der Waals surface area contributed by atoms with Gasteiger partial charge < -0.3 is 10.0 Å². The van der Waals surface area contributed by atoms with Crippen molar-refractivity contribution in [1.29, 1.82) is 0 Å². The zero-order valence-corrected chi connectivity index (χ0v) is 13.6. The third kappa shape index (κ3) is 3.13. The van der Waals surface area contributed by atoms with Crippen molar-refractivity contribution < 1.29 is 5.11 Å². The van der Waals surface area contributed by atoms with E-state index in [0.29, 0.717) is 23.9 Å². The zero-order valence-electron chi connectivity index (χ0n) is 12.9. The predicted octanol–water partition coefficient (Wildman–Crippen LogP) is 3.71. The van der Waals surface area contributed by atoms with Crippen molar-refractivity contribution in [3.63, 3.8) is 0 Å². The van der Waals surface area contributed by atoms with Crippen molar-refractivity contribution in [1.82, 2.24) is 4.90 Å². The second-order valence-corrected chi connectivity index (χ2v) is 7.52. The van der Waals surface area contributed by atoms with Gasteiger partial charge in [0.1, 0.15) is 0 Å². The number of aliphatic hydroxyl groups excluding tert-OH is 1. The molecule has 0 bridgehead atoms. The van der Waals surface area contributed by atoms with Crippen LogP contribution in [0.4, 0.5) is 0 Å². The molecule has 0 radical (unpaired) electrons.